The van der Waals surface area contributed by atoms with E-state index in [1.807, 2.05) is 6.92 Å². The molecule has 0 fully saturated rings. The molecule has 0 aliphatic carbocycles. The topological polar surface area (TPSA) is 109 Å². The van der Waals surface area contributed by atoms with Crippen molar-refractivity contribution in [3.05, 3.63) is 0 Å². The summed E-state index contributed by atoms with van der Waals surface area (Å²) in [5.41, 5.74) is 5.66. The van der Waals surface area contributed by atoms with Crippen molar-refractivity contribution in [3.63, 3.8) is 0 Å². The highest BCUT2D eigenvalue weighted by Gasteiger charge is 2.29. The average Bonchev–Trinajstić information content (AvgIpc) is 2.71. The number of nitrogens with two attached hydrogens (primary N) is 1. The van der Waals surface area contributed by atoms with Crippen LogP contribution >= 0.6 is 11.5 Å². The molecule has 0 unspecified atom stereocenters. The fraction of sp³-hybridized carbons (Fsp3) is 0.600. The number of hydrogen-bond acceptors (Lipinski definition) is 7. The Balaban J connectivity index is 3.13. The molecule has 0 saturated heterocycles. The second kappa shape index (κ2) is 6.37. The van der Waals surface area contributed by atoms with E-state index in [4.69, 9.17) is 5.73 Å². The maximum absolute atomic E-state index is 12.2. The summed E-state index contributed by atoms with van der Waals surface area (Å²) >= 11 is 0.954. The molecule has 10 heteroatoms. The largest absolute Gasteiger partial charge is 0.382 e. The lowest BCUT2D eigenvalue weighted by molar-refractivity contribution is -0.119. The van der Waals surface area contributed by atoms with Crippen molar-refractivity contribution >= 4 is 38.3 Å². The number of carbonyl (C=O) groups excluding carboxylic acids is 1. The van der Waals surface area contributed by atoms with Gasteiger partial charge in [0.15, 0.2) is 10.7 Å². The van der Waals surface area contributed by atoms with Gasteiger partial charge in [-0.2, -0.15) is 4.37 Å². The van der Waals surface area contributed by atoms with E-state index < -0.39 is 10.0 Å². The van der Waals surface area contributed by atoms with Crippen molar-refractivity contribution in [1.29, 1.82) is 0 Å². The van der Waals surface area contributed by atoms with E-state index in [1.165, 1.54) is 19.0 Å². The van der Waals surface area contributed by atoms with Gasteiger partial charge >= 0.3 is 0 Å². The molecule has 1 amide bonds. The van der Waals surface area contributed by atoms with Gasteiger partial charge in [0.1, 0.15) is 5.00 Å². The van der Waals surface area contributed by atoms with E-state index in [0.29, 0.717) is 11.5 Å². The van der Waals surface area contributed by atoms with Crippen LogP contribution in [0, 0.1) is 0 Å². The van der Waals surface area contributed by atoms with Gasteiger partial charge in [-0.1, -0.05) is 0 Å². The van der Waals surface area contributed by atoms with Crippen molar-refractivity contribution < 1.29 is 13.2 Å². The van der Waals surface area contributed by atoms with Gasteiger partial charge in [-0.05, 0) is 18.5 Å². The average molecular weight is 321 g/mol. The summed E-state index contributed by atoms with van der Waals surface area (Å²) < 4.78 is 29.4. The number of likely N-dealkylation sites (N-methyl/N-ethyl adjacent to an activating group) is 2. The third-order valence-electron chi connectivity index (χ3n) is 2.50. The Morgan fingerprint density at radius 1 is 1.40 bits per heavy atom. The first-order valence-corrected chi connectivity index (χ1v) is 8.08. The molecule has 8 nitrogen and oxygen atoms in total. The quantitative estimate of drug-likeness (QED) is 0.734. The summed E-state index contributed by atoms with van der Waals surface area (Å²) in [4.78, 5) is 13.0. The summed E-state index contributed by atoms with van der Waals surface area (Å²) in [6.07, 6.45) is 0. The molecule has 3 N–H and O–H groups in total. The Morgan fingerprint density at radius 3 is 2.50 bits per heavy atom. The number of anilines is 2. The zero-order valence-electron chi connectivity index (χ0n) is 11.9. The lowest BCUT2D eigenvalue weighted by atomic mass is 10.5. The fourth-order valence-corrected chi connectivity index (χ4v) is 3.70. The molecule has 0 aliphatic heterocycles. The molecule has 114 valence electrons. The molecule has 1 aromatic heterocycles. The van der Waals surface area contributed by atoms with Crippen molar-refractivity contribution in [2.45, 2.75) is 11.8 Å². The summed E-state index contributed by atoms with van der Waals surface area (Å²) in [5.74, 6) is -0.253. The number of nitrogens with one attached hydrogen (secondary N) is 1. The van der Waals surface area contributed by atoms with Crippen LogP contribution in [-0.2, 0) is 14.8 Å². The molecule has 0 aliphatic rings. The smallest absolute Gasteiger partial charge is 0.249 e. The van der Waals surface area contributed by atoms with Gasteiger partial charge in [0.25, 0.3) is 0 Å². The van der Waals surface area contributed by atoms with Crippen LogP contribution in [-0.4, -0.2) is 57.2 Å². The minimum Gasteiger partial charge on any atom is -0.382 e. The van der Waals surface area contributed by atoms with Crippen LogP contribution in [0.5, 0.6) is 0 Å². The number of hydrogen-bond donors (Lipinski definition) is 2. The van der Waals surface area contributed by atoms with Crippen LogP contribution < -0.4 is 16.0 Å². The van der Waals surface area contributed by atoms with Crippen LogP contribution in [0.1, 0.15) is 6.92 Å². The number of amides is 1. The monoisotopic (exact) mass is 321 g/mol. The number of sulfonamides is 1. The Morgan fingerprint density at radius 2 is 2.00 bits per heavy atom. The molecule has 0 bridgehead atoms. The number of aromatic nitrogens is 1. The minimum atomic E-state index is -3.71. The van der Waals surface area contributed by atoms with Gasteiger partial charge in [-0.25, -0.2) is 12.7 Å². The molecule has 0 spiro atoms. The third-order valence-corrected chi connectivity index (χ3v) is 5.48. The summed E-state index contributed by atoms with van der Waals surface area (Å²) in [5, 5.41) is 3.00. The molecule has 1 aromatic rings. The molecule has 0 atom stereocenters. The normalized spacial score (nSPS) is 11.7. The lowest BCUT2D eigenvalue weighted by Gasteiger charge is -2.19. The van der Waals surface area contributed by atoms with Crippen molar-refractivity contribution in [2.75, 3.05) is 44.9 Å². The molecule has 0 aromatic carbocycles. The number of nitrogen functional groups attached to an aromatic ring is 1. The second-order valence-electron chi connectivity index (χ2n) is 4.30. The van der Waals surface area contributed by atoms with Crippen LogP contribution in [0.15, 0.2) is 4.90 Å². The Kier molecular flexibility index (Phi) is 5.31. The van der Waals surface area contributed by atoms with Crippen LogP contribution in [0.4, 0.5) is 10.8 Å². The van der Waals surface area contributed by atoms with E-state index in [1.54, 1.807) is 7.05 Å². The number of carbonyl (C=O) groups is 1. The number of nitrogens with zero attached hydrogens (tertiary/aromatic N) is 3. The number of rotatable bonds is 6. The second-order valence-corrected chi connectivity index (χ2v) is 7.14. The van der Waals surface area contributed by atoms with E-state index in [2.05, 4.69) is 9.69 Å². The first-order chi connectivity index (χ1) is 9.21. The van der Waals surface area contributed by atoms with Crippen LogP contribution in [0.25, 0.3) is 0 Å². The van der Waals surface area contributed by atoms with E-state index >= 15 is 0 Å². The lowest BCUT2D eigenvalue weighted by Crippen LogP contribution is -2.35. The van der Waals surface area contributed by atoms with Gasteiger partial charge in [0.2, 0.25) is 15.9 Å². The predicted octanol–water partition coefficient (Wildman–Crippen LogP) is -0.452. The SMILES string of the molecule is CCNC(=O)CN(C)c1snc(N)c1S(=O)(=O)N(C)C. The molecule has 0 saturated carbocycles. The van der Waals surface area contributed by atoms with Crippen molar-refractivity contribution in [3.8, 4) is 0 Å². The molecule has 0 radical (unpaired) electrons. The summed E-state index contributed by atoms with van der Waals surface area (Å²) in [7, 11) is 0.750. The fourth-order valence-electron chi connectivity index (χ4n) is 1.49. The van der Waals surface area contributed by atoms with Gasteiger partial charge in [0.05, 0.1) is 6.54 Å². The summed E-state index contributed by atoms with van der Waals surface area (Å²) in [6, 6.07) is 0. The molecule has 1 heterocycles. The zero-order valence-corrected chi connectivity index (χ0v) is 13.5. The third kappa shape index (κ3) is 3.38. The van der Waals surface area contributed by atoms with Crippen LogP contribution in [0.2, 0.25) is 0 Å². The van der Waals surface area contributed by atoms with Gasteiger partial charge in [0, 0.05) is 27.7 Å². The minimum absolute atomic E-state index is 0.0332. The first kappa shape index (κ1) is 16.7. The van der Waals surface area contributed by atoms with Gasteiger partial charge < -0.3 is 16.0 Å². The van der Waals surface area contributed by atoms with Crippen molar-refractivity contribution in [1.82, 2.24) is 14.0 Å². The van der Waals surface area contributed by atoms with E-state index in [-0.39, 0.29) is 23.2 Å². The standard InChI is InChI=1S/C10H19N5O3S2/c1-5-12-7(16)6-15(4)10-8(9(11)13-19-10)20(17,18)14(2)3/h5-6H2,1-4H3,(H2,11,13)(H,12,16). The zero-order chi connectivity index (χ0) is 15.5. The Bertz CT molecular complexity index is 582. The highest BCUT2D eigenvalue weighted by atomic mass is 32.2. The predicted molar refractivity (Wildman–Crippen MR) is 79.4 cm³/mol. The van der Waals surface area contributed by atoms with Crippen LogP contribution in [0.3, 0.4) is 0 Å². The highest BCUT2D eigenvalue weighted by Crippen LogP contribution is 2.35. The Hall–Kier alpha value is -1.39. The van der Waals surface area contributed by atoms with E-state index in [9.17, 15) is 13.2 Å². The molecule has 20 heavy (non-hydrogen) atoms. The maximum atomic E-state index is 12.2. The van der Waals surface area contributed by atoms with Gasteiger partial charge in [-0.15, -0.1) is 0 Å². The highest BCUT2D eigenvalue weighted by molar-refractivity contribution is 7.89. The Labute approximate surface area is 122 Å². The summed E-state index contributed by atoms with van der Waals surface area (Å²) in [6.45, 7) is 2.36. The van der Waals surface area contributed by atoms with Crippen molar-refractivity contribution in [2.24, 2.45) is 0 Å². The molecule has 1 rings (SSSR count). The first-order valence-electron chi connectivity index (χ1n) is 5.87. The van der Waals surface area contributed by atoms with Gasteiger partial charge in [-0.3, -0.25) is 4.79 Å². The molecular formula is C10H19N5O3S2. The van der Waals surface area contributed by atoms with E-state index in [0.717, 1.165) is 15.8 Å². The molecular weight excluding hydrogens is 302 g/mol. The maximum Gasteiger partial charge on any atom is 0.249 e.